The Morgan fingerprint density at radius 2 is 2.06 bits per heavy atom. The summed E-state index contributed by atoms with van der Waals surface area (Å²) in [6.45, 7) is 4.58. The molecule has 16 heavy (non-hydrogen) atoms. The van der Waals surface area contributed by atoms with E-state index in [0.717, 1.165) is 18.7 Å². The van der Waals surface area contributed by atoms with Crippen LogP contribution in [0.3, 0.4) is 0 Å². The van der Waals surface area contributed by atoms with Gasteiger partial charge in [-0.25, -0.2) is 4.98 Å². The number of nitrogen functional groups attached to an aromatic ring is 1. The lowest BCUT2D eigenvalue weighted by Gasteiger charge is -2.33. The number of nitrogens with two attached hydrogens (primary N) is 1. The van der Waals surface area contributed by atoms with Gasteiger partial charge in [-0.3, -0.25) is 4.79 Å². The van der Waals surface area contributed by atoms with Crippen LogP contribution in [0.5, 0.6) is 0 Å². The molecule has 0 radical (unpaired) electrons. The number of anilines is 1. The molecule has 0 atom stereocenters. The van der Waals surface area contributed by atoms with Gasteiger partial charge in [0.05, 0.1) is 0 Å². The van der Waals surface area contributed by atoms with E-state index < -0.39 is 0 Å². The second-order valence-corrected chi connectivity index (χ2v) is 5.49. The Bertz CT molecular complexity index is 426. The van der Waals surface area contributed by atoms with Crippen molar-refractivity contribution in [1.29, 1.82) is 0 Å². The van der Waals surface area contributed by atoms with Crippen molar-refractivity contribution in [2.45, 2.75) is 45.4 Å². The molecule has 0 spiro atoms. The molecule has 3 N–H and O–H groups in total. The van der Waals surface area contributed by atoms with Crippen LogP contribution in [0, 0.1) is 5.41 Å². The minimum atomic E-state index is -0.146. The van der Waals surface area contributed by atoms with Crippen LogP contribution in [0.25, 0.3) is 0 Å². The number of hydrogen-bond acceptors (Lipinski definition) is 3. The van der Waals surface area contributed by atoms with Gasteiger partial charge in [-0.15, -0.1) is 0 Å². The van der Waals surface area contributed by atoms with Crippen molar-refractivity contribution in [3.63, 3.8) is 0 Å². The minimum Gasteiger partial charge on any atom is -0.383 e. The maximum atomic E-state index is 11.3. The van der Waals surface area contributed by atoms with Crippen LogP contribution >= 0.6 is 0 Å². The Balaban J connectivity index is 2.17. The summed E-state index contributed by atoms with van der Waals surface area (Å²) in [4.78, 5) is 18.3. The zero-order valence-corrected chi connectivity index (χ0v) is 9.92. The monoisotopic (exact) mass is 221 g/mol. The third-order valence-electron chi connectivity index (χ3n) is 3.51. The number of H-pyrrole nitrogens is 1. The Morgan fingerprint density at radius 3 is 2.62 bits per heavy atom. The molecule has 4 nitrogen and oxygen atoms in total. The van der Waals surface area contributed by atoms with E-state index in [4.69, 9.17) is 5.73 Å². The molecule has 0 aliphatic heterocycles. The van der Waals surface area contributed by atoms with Gasteiger partial charge < -0.3 is 10.7 Å². The smallest absolute Gasteiger partial charge is 0.252 e. The van der Waals surface area contributed by atoms with Crippen molar-refractivity contribution in [3.05, 3.63) is 22.2 Å². The highest BCUT2D eigenvalue weighted by Crippen LogP contribution is 2.41. The first-order valence-electron chi connectivity index (χ1n) is 5.83. The van der Waals surface area contributed by atoms with Crippen molar-refractivity contribution in [2.75, 3.05) is 5.73 Å². The highest BCUT2D eigenvalue weighted by molar-refractivity contribution is 5.26. The van der Waals surface area contributed by atoms with E-state index in [0.29, 0.717) is 17.2 Å². The normalized spacial score (nSPS) is 20.9. The fourth-order valence-corrected chi connectivity index (χ4v) is 2.36. The van der Waals surface area contributed by atoms with Crippen molar-refractivity contribution in [3.8, 4) is 0 Å². The van der Waals surface area contributed by atoms with Crippen molar-refractivity contribution < 1.29 is 0 Å². The summed E-state index contributed by atoms with van der Waals surface area (Å²) in [5.74, 6) is 1.45. The Kier molecular flexibility index (Phi) is 2.74. The summed E-state index contributed by atoms with van der Waals surface area (Å²) in [5, 5.41) is 0. The lowest BCUT2D eigenvalue weighted by atomic mass is 9.73. The summed E-state index contributed by atoms with van der Waals surface area (Å²) >= 11 is 0. The molecule has 0 saturated heterocycles. The van der Waals surface area contributed by atoms with Gasteiger partial charge >= 0.3 is 0 Å². The molecule has 0 aromatic carbocycles. The largest absolute Gasteiger partial charge is 0.383 e. The standard InChI is InChI=1S/C12H19N3O/c1-12(2)5-3-8(4-6-12)11-14-9(13)7-10(16)15-11/h7-8H,3-6H2,1-2H3,(H3,13,14,15,16). The van der Waals surface area contributed by atoms with Crippen molar-refractivity contribution in [1.82, 2.24) is 9.97 Å². The number of rotatable bonds is 1. The molecule has 1 saturated carbocycles. The first-order chi connectivity index (χ1) is 7.46. The molecule has 0 amide bonds. The van der Waals surface area contributed by atoms with Gasteiger partial charge in [-0.05, 0) is 31.1 Å². The van der Waals surface area contributed by atoms with Crippen LogP contribution in [0.15, 0.2) is 10.9 Å². The number of aromatic nitrogens is 2. The maximum absolute atomic E-state index is 11.3. The number of hydrogen-bond donors (Lipinski definition) is 2. The topological polar surface area (TPSA) is 71.8 Å². The molecule has 4 heteroatoms. The lowest BCUT2D eigenvalue weighted by molar-refractivity contribution is 0.220. The fourth-order valence-electron chi connectivity index (χ4n) is 2.36. The van der Waals surface area contributed by atoms with Crippen LogP contribution in [0.1, 0.15) is 51.3 Å². The minimum absolute atomic E-state index is 0.146. The van der Waals surface area contributed by atoms with Crippen LogP contribution in [-0.4, -0.2) is 9.97 Å². The van der Waals surface area contributed by atoms with E-state index in [1.54, 1.807) is 0 Å². The summed E-state index contributed by atoms with van der Waals surface area (Å²) in [5.41, 5.74) is 5.87. The summed E-state index contributed by atoms with van der Waals surface area (Å²) in [7, 11) is 0. The average molecular weight is 221 g/mol. The van der Waals surface area contributed by atoms with Gasteiger partial charge in [0.2, 0.25) is 0 Å². The molecule has 1 aromatic rings. The van der Waals surface area contributed by atoms with Gasteiger partial charge in [0, 0.05) is 12.0 Å². The zero-order chi connectivity index (χ0) is 11.8. The van der Waals surface area contributed by atoms with E-state index in [-0.39, 0.29) is 5.56 Å². The quantitative estimate of drug-likeness (QED) is 0.762. The third-order valence-corrected chi connectivity index (χ3v) is 3.51. The van der Waals surface area contributed by atoms with Crippen LogP contribution in [0.2, 0.25) is 0 Å². The van der Waals surface area contributed by atoms with E-state index >= 15 is 0 Å². The van der Waals surface area contributed by atoms with Crippen LogP contribution in [0.4, 0.5) is 5.82 Å². The second-order valence-electron chi connectivity index (χ2n) is 5.49. The van der Waals surface area contributed by atoms with Crippen LogP contribution < -0.4 is 11.3 Å². The summed E-state index contributed by atoms with van der Waals surface area (Å²) in [6, 6.07) is 1.33. The molecule has 88 valence electrons. The van der Waals surface area contributed by atoms with Gasteiger partial charge in [-0.2, -0.15) is 0 Å². The predicted molar refractivity (Wildman–Crippen MR) is 64.3 cm³/mol. The Hall–Kier alpha value is -1.32. The first-order valence-corrected chi connectivity index (χ1v) is 5.83. The summed E-state index contributed by atoms with van der Waals surface area (Å²) in [6.07, 6.45) is 4.52. The predicted octanol–water partition coefficient (Wildman–Crippen LogP) is 2.04. The molecule has 1 aliphatic rings. The van der Waals surface area contributed by atoms with Gasteiger partial charge in [0.25, 0.3) is 5.56 Å². The first kappa shape index (κ1) is 11.2. The van der Waals surface area contributed by atoms with E-state index in [1.165, 1.54) is 18.9 Å². The molecular weight excluding hydrogens is 202 g/mol. The molecule has 1 fully saturated rings. The molecule has 1 aromatic heterocycles. The lowest BCUT2D eigenvalue weighted by Crippen LogP contribution is -2.23. The Morgan fingerprint density at radius 1 is 1.44 bits per heavy atom. The summed E-state index contributed by atoms with van der Waals surface area (Å²) < 4.78 is 0. The van der Waals surface area contributed by atoms with Crippen molar-refractivity contribution in [2.24, 2.45) is 5.41 Å². The molecule has 1 aliphatic carbocycles. The molecular formula is C12H19N3O. The number of nitrogens with zero attached hydrogens (tertiary/aromatic N) is 1. The molecule has 1 heterocycles. The highest BCUT2D eigenvalue weighted by Gasteiger charge is 2.28. The van der Waals surface area contributed by atoms with Crippen molar-refractivity contribution >= 4 is 5.82 Å². The second kappa shape index (κ2) is 3.92. The van der Waals surface area contributed by atoms with Gasteiger partial charge in [0.1, 0.15) is 11.6 Å². The average Bonchev–Trinajstić information content (AvgIpc) is 2.15. The number of aromatic amines is 1. The number of nitrogens with one attached hydrogen (secondary N) is 1. The fraction of sp³-hybridized carbons (Fsp3) is 0.667. The third kappa shape index (κ3) is 2.43. The van der Waals surface area contributed by atoms with E-state index in [9.17, 15) is 4.79 Å². The molecule has 2 rings (SSSR count). The van der Waals surface area contributed by atoms with E-state index in [2.05, 4.69) is 23.8 Å². The zero-order valence-electron chi connectivity index (χ0n) is 9.92. The Labute approximate surface area is 95.3 Å². The van der Waals surface area contributed by atoms with Gasteiger partial charge in [0.15, 0.2) is 0 Å². The van der Waals surface area contributed by atoms with E-state index in [1.807, 2.05) is 0 Å². The maximum Gasteiger partial charge on any atom is 0.252 e. The molecule has 0 unspecified atom stereocenters. The van der Waals surface area contributed by atoms with Crippen LogP contribution in [-0.2, 0) is 0 Å². The SMILES string of the molecule is CC1(C)CCC(c2nc(N)cc(=O)[nH]2)CC1. The highest BCUT2D eigenvalue weighted by atomic mass is 16.1. The molecule has 0 bridgehead atoms. The van der Waals surface area contributed by atoms with Gasteiger partial charge in [-0.1, -0.05) is 13.8 Å².